The maximum Gasteiger partial charge on any atom is 0.272 e. The minimum atomic E-state index is 0.0648. The van der Waals surface area contributed by atoms with E-state index in [4.69, 9.17) is 0 Å². The lowest BCUT2D eigenvalue weighted by molar-refractivity contribution is 0.0699. The molecule has 6 nitrogen and oxygen atoms in total. The fraction of sp³-hybridized carbons (Fsp3) is 0.435. The minimum Gasteiger partial charge on any atom is -0.337 e. The highest BCUT2D eigenvalue weighted by Crippen LogP contribution is 2.28. The number of aromatic nitrogens is 4. The fourth-order valence-corrected chi connectivity index (χ4v) is 4.12. The van der Waals surface area contributed by atoms with Gasteiger partial charge in [-0.05, 0) is 25.3 Å². The van der Waals surface area contributed by atoms with Crippen LogP contribution < -0.4 is 0 Å². The summed E-state index contributed by atoms with van der Waals surface area (Å²) in [4.78, 5) is 19.7. The molecule has 3 heterocycles. The van der Waals surface area contributed by atoms with Crippen LogP contribution in [0.1, 0.15) is 54.8 Å². The zero-order chi connectivity index (χ0) is 20.2. The summed E-state index contributed by atoms with van der Waals surface area (Å²) in [5.41, 5.74) is 2.51. The van der Waals surface area contributed by atoms with E-state index in [1.807, 2.05) is 54.5 Å². The van der Waals surface area contributed by atoms with Gasteiger partial charge < -0.3 is 9.47 Å². The largest absolute Gasteiger partial charge is 0.337 e. The lowest BCUT2D eigenvalue weighted by Gasteiger charge is -2.32. The molecule has 0 saturated carbocycles. The van der Waals surface area contributed by atoms with E-state index in [2.05, 4.69) is 27.8 Å². The normalized spacial score (nSPS) is 15.0. The number of hydrogen-bond acceptors (Lipinski definition) is 3. The number of unbranched alkanes of at least 4 members (excludes halogenated alkanes) is 1. The van der Waals surface area contributed by atoms with Gasteiger partial charge in [-0.25, -0.2) is 4.98 Å². The molecule has 0 atom stereocenters. The molecule has 1 aromatic carbocycles. The Bertz CT molecular complexity index is 951. The van der Waals surface area contributed by atoms with Crippen molar-refractivity contribution in [2.24, 2.45) is 7.05 Å². The van der Waals surface area contributed by atoms with Gasteiger partial charge in [0.25, 0.3) is 5.91 Å². The van der Waals surface area contributed by atoms with Crippen LogP contribution in [-0.2, 0) is 13.6 Å². The summed E-state index contributed by atoms with van der Waals surface area (Å²) in [5, 5.41) is 4.55. The topological polar surface area (TPSA) is 56.0 Å². The van der Waals surface area contributed by atoms with E-state index in [1.165, 1.54) is 18.7 Å². The maximum absolute atomic E-state index is 13.1. The Morgan fingerprint density at radius 3 is 2.66 bits per heavy atom. The Kier molecular flexibility index (Phi) is 5.79. The lowest BCUT2D eigenvalue weighted by Crippen LogP contribution is -2.39. The number of carbonyl (C=O) groups excluding carboxylic acids is 1. The van der Waals surface area contributed by atoms with Gasteiger partial charge in [0, 0.05) is 50.6 Å². The van der Waals surface area contributed by atoms with E-state index in [0.717, 1.165) is 43.7 Å². The van der Waals surface area contributed by atoms with Crippen molar-refractivity contribution < 1.29 is 4.79 Å². The van der Waals surface area contributed by atoms with Gasteiger partial charge in [-0.15, -0.1) is 0 Å². The molecule has 29 heavy (non-hydrogen) atoms. The second kappa shape index (κ2) is 8.64. The summed E-state index contributed by atoms with van der Waals surface area (Å²) < 4.78 is 3.99. The van der Waals surface area contributed by atoms with Crippen molar-refractivity contribution in [2.75, 3.05) is 13.1 Å². The quantitative estimate of drug-likeness (QED) is 0.636. The summed E-state index contributed by atoms with van der Waals surface area (Å²) in [7, 11) is 1.84. The molecule has 0 radical (unpaired) electrons. The van der Waals surface area contributed by atoms with Crippen molar-refractivity contribution in [1.29, 1.82) is 0 Å². The number of likely N-dealkylation sites (tertiary alicyclic amines) is 1. The Morgan fingerprint density at radius 1 is 1.17 bits per heavy atom. The predicted octanol–water partition coefficient (Wildman–Crippen LogP) is 4.10. The van der Waals surface area contributed by atoms with Gasteiger partial charge in [0.05, 0.1) is 5.69 Å². The number of rotatable bonds is 6. The van der Waals surface area contributed by atoms with Gasteiger partial charge in [0.1, 0.15) is 11.5 Å². The summed E-state index contributed by atoms with van der Waals surface area (Å²) in [6.07, 6.45) is 8.26. The van der Waals surface area contributed by atoms with Crippen molar-refractivity contribution in [1.82, 2.24) is 24.2 Å². The zero-order valence-corrected chi connectivity index (χ0v) is 17.3. The van der Waals surface area contributed by atoms with Crippen molar-refractivity contribution >= 4 is 5.91 Å². The number of benzene rings is 1. The van der Waals surface area contributed by atoms with Crippen LogP contribution in [0.15, 0.2) is 48.8 Å². The molecule has 0 spiro atoms. The first-order valence-corrected chi connectivity index (χ1v) is 10.6. The van der Waals surface area contributed by atoms with Gasteiger partial charge in [0.15, 0.2) is 0 Å². The monoisotopic (exact) mass is 391 g/mol. The smallest absolute Gasteiger partial charge is 0.272 e. The highest BCUT2D eigenvalue weighted by atomic mass is 16.2. The standard InChI is InChI=1S/C23H29N5O/c1-3-4-13-27-16-12-24-22(27)19-10-14-28(15-11-19)23(29)21-17-20(25-26(21)2)18-8-6-5-7-9-18/h5-9,12,16-17,19H,3-4,10-11,13-15H2,1-2H3. The highest BCUT2D eigenvalue weighted by molar-refractivity contribution is 5.93. The van der Waals surface area contributed by atoms with Crippen molar-refractivity contribution in [2.45, 2.75) is 45.1 Å². The first-order chi connectivity index (χ1) is 14.2. The SMILES string of the molecule is CCCCn1ccnc1C1CCN(C(=O)c2cc(-c3ccccc3)nn2C)CC1. The van der Waals surface area contributed by atoms with E-state index < -0.39 is 0 Å². The maximum atomic E-state index is 13.1. The molecule has 1 aliphatic rings. The molecular formula is C23H29N5O. The number of aryl methyl sites for hydroxylation is 2. The summed E-state index contributed by atoms with van der Waals surface area (Å²) in [5.74, 6) is 1.67. The van der Waals surface area contributed by atoms with E-state index in [0.29, 0.717) is 11.6 Å². The van der Waals surface area contributed by atoms with Crippen molar-refractivity contribution in [3.63, 3.8) is 0 Å². The third kappa shape index (κ3) is 4.11. The van der Waals surface area contributed by atoms with E-state index in [9.17, 15) is 4.79 Å². The molecule has 1 saturated heterocycles. The number of carbonyl (C=O) groups is 1. The molecule has 2 aromatic heterocycles. The Labute approximate surface area is 172 Å². The molecule has 4 rings (SSSR count). The number of amides is 1. The molecule has 0 aliphatic carbocycles. The third-order valence-electron chi connectivity index (χ3n) is 5.82. The molecule has 0 unspecified atom stereocenters. The fourth-order valence-electron chi connectivity index (χ4n) is 4.12. The summed E-state index contributed by atoms with van der Waals surface area (Å²) >= 11 is 0. The highest BCUT2D eigenvalue weighted by Gasteiger charge is 2.28. The van der Waals surface area contributed by atoms with Crippen LogP contribution in [0.25, 0.3) is 11.3 Å². The molecule has 152 valence electrons. The van der Waals surface area contributed by atoms with Crippen molar-refractivity contribution in [3.8, 4) is 11.3 Å². The van der Waals surface area contributed by atoms with Crippen LogP contribution in [0, 0.1) is 0 Å². The number of hydrogen-bond donors (Lipinski definition) is 0. The van der Waals surface area contributed by atoms with Gasteiger partial charge in [-0.3, -0.25) is 9.48 Å². The second-order valence-electron chi connectivity index (χ2n) is 7.80. The molecule has 3 aromatic rings. The molecule has 1 amide bonds. The molecule has 0 N–H and O–H groups in total. The lowest BCUT2D eigenvalue weighted by atomic mass is 9.95. The van der Waals surface area contributed by atoms with Crippen LogP contribution in [0.3, 0.4) is 0 Å². The Hall–Kier alpha value is -2.89. The van der Waals surface area contributed by atoms with Crippen LogP contribution >= 0.6 is 0 Å². The van der Waals surface area contributed by atoms with Crippen LogP contribution in [0.2, 0.25) is 0 Å². The van der Waals surface area contributed by atoms with Crippen LogP contribution in [0.4, 0.5) is 0 Å². The van der Waals surface area contributed by atoms with Crippen LogP contribution in [-0.4, -0.2) is 43.2 Å². The zero-order valence-electron chi connectivity index (χ0n) is 17.3. The first-order valence-electron chi connectivity index (χ1n) is 10.6. The number of piperidine rings is 1. The third-order valence-corrected chi connectivity index (χ3v) is 5.82. The molecule has 1 aliphatic heterocycles. The first kappa shape index (κ1) is 19.4. The van der Waals surface area contributed by atoms with E-state index in [1.54, 1.807) is 4.68 Å². The molecule has 0 bridgehead atoms. The van der Waals surface area contributed by atoms with E-state index >= 15 is 0 Å². The summed E-state index contributed by atoms with van der Waals surface area (Å²) in [6, 6.07) is 11.9. The Morgan fingerprint density at radius 2 is 1.93 bits per heavy atom. The van der Waals surface area contributed by atoms with Crippen molar-refractivity contribution in [3.05, 3.63) is 60.3 Å². The summed E-state index contributed by atoms with van der Waals surface area (Å²) in [6.45, 7) is 4.76. The van der Waals surface area contributed by atoms with Crippen LogP contribution in [0.5, 0.6) is 0 Å². The average molecular weight is 392 g/mol. The van der Waals surface area contributed by atoms with E-state index in [-0.39, 0.29) is 5.91 Å². The van der Waals surface area contributed by atoms with Gasteiger partial charge in [-0.2, -0.15) is 5.10 Å². The van der Waals surface area contributed by atoms with Gasteiger partial charge in [0.2, 0.25) is 0 Å². The Balaban J connectivity index is 1.42. The average Bonchev–Trinajstić information content (AvgIpc) is 3.39. The molecule has 1 fully saturated rings. The van der Waals surface area contributed by atoms with Gasteiger partial charge >= 0.3 is 0 Å². The minimum absolute atomic E-state index is 0.0648. The molecular weight excluding hydrogens is 362 g/mol. The number of imidazole rings is 1. The van der Waals surface area contributed by atoms with Gasteiger partial charge in [-0.1, -0.05) is 43.7 Å². The predicted molar refractivity (Wildman–Crippen MR) is 114 cm³/mol. The number of nitrogens with zero attached hydrogens (tertiary/aromatic N) is 5. The molecule has 6 heteroatoms. The second-order valence-corrected chi connectivity index (χ2v) is 7.80.